The maximum Gasteiger partial charge on any atom is 0.223 e. The van der Waals surface area contributed by atoms with Crippen molar-refractivity contribution < 1.29 is 15.0 Å². The minimum absolute atomic E-state index is 0.0457. The maximum absolute atomic E-state index is 12.1. The van der Waals surface area contributed by atoms with Crippen LogP contribution in [0, 0.1) is 5.92 Å². The van der Waals surface area contributed by atoms with Gasteiger partial charge in [0.1, 0.15) is 11.5 Å². The van der Waals surface area contributed by atoms with Gasteiger partial charge in [-0.25, -0.2) is 0 Å². The second-order valence-electron chi connectivity index (χ2n) is 5.75. The number of carbonyl (C=O) groups excluding carboxylic acids is 1. The first-order chi connectivity index (χ1) is 10.6. The molecular formula is C18H19NO3. The van der Waals surface area contributed by atoms with E-state index in [1.807, 2.05) is 24.3 Å². The number of phenols is 2. The molecule has 0 aromatic heterocycles. The van der Waals surface area contributed by atoms with Crippen LogP contribution in [0.25, 0.3) is 0 Å². The molecule has 2 atom stereocenters. The second-order valence-corrected chi connectivity index (χ2v) is 5.75. The van der Waals surface area contributed by atoms with E-state index in [0.717, 1.165) is 24.0 Å². The van der Waals surface area contributed by atoms with Crippen LogP contribution in [-0.4, -0.2) is 22.7 Å². The van der Waals surface area contributed by atoms with E-state index in [4.69, 9.17) is 0 Å². The van der Waals surface area contributed by atoms with Crippen molar-refractivity contribution in [2.45, 2.75) is 18.8 Å². The topological polar surface area (TPSA) is 69.6 Å². The number of nitrogens with one attached hydrogen (secondary N) is 1. The molecule has 0 radical (unpaired) electrons. The lowest BCUT2D eigenvalue weighted by atomic mass is 10.1. The van der Waals surface area contributed by atoms with Gasteiger partial charge in [-0.1, -0.05) is 24.3 Å². The summed E-state index contributed by atoms with van der Waals surface area (Å²) in [6.07, 6.45) is 1.62. The average molecular weight is 297 g/mol. The summed E-state index contributed by atoms with van der Waals surface area (Å²) in [5, 5.41) is 21.5. The zero-order valence-electron chi connectivity index (χ0n) is 12.2. The molecule has 2 unspecified atom stereocenters. The van der Waals surface area contributed by atoms with Gasteiger partial charge in [0.25, 0.3) is 0 Å². The highest BCUT2D eigenvalue weighted by molar-refractivity contribution is 5.82. The Morgan fingerprint density at radius 3 is 2.23 bits per heavy atom. The Bertz CT molecular complexity index is 649. The molecule has 1 aliphatic rings. The van der Waals surface area contributed by atoms with Crippen LogP contribution in [0.2, 0.25) is 0 Å². The van der Waals surface area contributed by atoms with E-state index in [0.29, 0.717) is 6.54 Å². The quantitative estimate of drug-likeness (QED) is 0.794. The Balaban J connectivity index is 1.45. The lowest BCUT2D eigenvalue weighted by Crippen LogP contribution is -2.27. The van der Waals surface area contributed by atoms with E-state index in [-0.39, 0.29) is 29.2 Å². The number of phenolic OH excluding ortho intramolecular Hbond substituents is 2. The first-order valence-electron chi connectivity index (χ1n) is 7.48. The van der Waals surface area contributed by atoms with Crippen LogP contribution < -0.4 is 5.32 Å². The van der Waals surface area contributed by atoms with Crippen molar-refractivity contribution in [2.75, 3.05) is 6.54 Å². The summed E-state index contributed by atoms with van der Waals surface area (Å²) in [7, 11) is 0. The zero-order valence-corrected chi connectivity index (χ0v) is 12.2. The molecule has 2 aromatic rings. The van der Waals surface area contributed by atoms with Crippen molar-refractivity contribution in [3.63, 3.8) is 0 Å². The van der Waals surface area contributed by atoms with Crippen LogP contribution in [0.3, 0.4) is 0 Å². The molecule has 1 saturated carbocycles. The van der Waals surface area contributed by atoms with Crippen LogP contribution in [-0.2, 0) is 11.2 Å². The third kappa shape index (κ3) is 3.39. The van der Waals surface area contributed by atoms with Gasteiger partial charge in [0, 0.05) is 12.5 Å². The highest BCUT2D eigenvalue weighted by Gasteiger charge is 2.43. The highest BCUT2D eigenvalue weighted by Crippen LogP contribution is 2.47. The molecule has 22 heavy (non-hydrogen) atoms. The Kier molecular flexibility index (Phi) is 4.00. The summed E-state index contributed by atoms with van der Waals surface area (Å²) in [5.74, 6) is 0.914. The standard InChI is InChI=1S/C18H19NO3/c20-14-5-1-12(2-6-14)9-10-19-18(22)17-11-16(17)13-3-7-15(21)8-4-13/h1-8,16-17,20-21H,9-11H2,(H,19,22). The molecule has 4 nitrogen and oxygen atoms in total. The van der Waals surface area contributed by atoms with E-state index in [1.54, 1.807) is 24.3 Å². The Hall–Kier alpha value is -2.49. The average Bonchev–Trinajstić information content (AvgIpc) is 3.30. The number of rotatable bonds is 5. The predicted octanol–water partition coefficient (Wildman–Crippen LogP) is 2.56. The van der Waals surface area contributed by atoms with Gasteiger partial charge in [0.2, 0.25) is 5.91 Å². The van der Waals surface area contributed by atoms with Crippen LogP contribution >= 0.6 is 0 Å². The molecule has 3 N–H and O–H groups in total. The summed E-state index contributed by atoms with van der Waals surface area (Å²) in [5.41, 5.74) is 2.19. The Labute approximate surface area is 129 Å². The molecular weight excluding hydrogens is 278 g/mol. The molecule has 1 aliphatic carbocycles. The van der Waals surface area contributed by atoms with Crippen molar-refractivity contribution >= 4 is 5.91 Å². The molecule has 114 valence electrons. The maximum atomic E-state index is 12.1. The monoisotopic (exact) mass is 297 g/mol. The fourth-order valence-corrected chi connectivity index (χ4v) is 2.70. The number of hydrogen-bond acceptors (Lipinski definition) is 3. The number of aromatic hydroxyl groups is 2. The van der Waals surface area contributed by atoms with Gasteiger partial charge < -0.3 is 15.5 Å². The molecule has 0 aliphatic heterocycles. The number of amides is 1. The molecule has 0 saturated heterocycles. The fraction of sp³-hybridized carbons (Fsp3) is 0.278. The van der Waals surface area contributed by atoms with Crippen molar-refractivity contribution in [2.24, 2.45) is 5.92 Å². The van der Waals surface area contributed by atoms with Crippen molar-refractivity contribution in [3.8, 4) is 11.5 Å². The van der Waals surface area contributed by atoms with Crippen LogP contribution in [0.15, 0.2) is 48.5 Å². The first-order valence-corrected chi connectivity index (χ1v) is 7.48. The van der Waals surface area contributed by atoms with E-state index >= 15 is 0 Å². The van der Waals surface area contributed by atoms with Gasteiger partial charge in [-0.05, 0) is 54.2 Å². The molecule has 3 rings (SSSR count). The smallest absolute Gasteiger partial charge is 0.223 e. The minimum atomic E-state index is 0.0457. The lowest BCUT2D eigenvalue weighted by Gasteiger charge is -2.06. The van der Waals surface area contributed by atoms with E-state index < -0.39 is 0 Å². The molecule has 0 heterocycles. The fourth-order valence-electron chi connectivity index (χ4n) is 2.70. The lowest BCUT2D eigenvalue weighted by molar-refractivity contribution is -0.122. The summed E-state index contributed by atoms with van der Waals surface area (Å²) in [4.78, 5) is 12.1. The van der Waals surface area contributed by atoms with Gasteiger partial charge in [0.05, 0.1) is 0 Å². The highest BCUT2D eigenvalue weighted by atomic mass is 16.3. The van der Waals surface area contributed by atoms with Crippen LogP contribution in [0.5, 0.6) is 11.5 Å². The molecule has 2 aromatic carbocycles. The van der Waals surface area contributed by atoms with Crippen LogP contribution in [0.1, 0.15) is 23.5 Å². The number of hydrogen-bond donors (Lipinski definition) is 3. The molecule has 0 bridgehead atoms. The third-order valence-electron chi connectivity index (χ3n) is 4.10. The van der Waals surface area contributed by atoms with E-state index in [9.17, 15) is 15.0 Å². The minimum Gasteiger partial charge on any atom is -0.508 e. The van der Waals surface area contributed by atoms with Crippen molar-refractivity contribution in [1.29, 1.82) is 0 Å². The van der Waals surface area contributed by atoms with Crippen molar-refractivity contribution in [3.05, 3.63) is 59.7 Å². The molecule has 0 spiro atoms. The Morgan fingerprint density at radius 1 is 1.00 bits per heavy atom. The van der Waals surface area contributed by atoms with Gasteiger partial charge in [-0.2, -0.15) is 0 Å². The summed E-state index contributed by atoms with van der Waals surface area (Å²) >= 11 is 0. The first kappa shape index (κ1) is 14.4. The number of carbonyl (C=O) groups is 1. The molecule has 1 amide bonds. The largest absolute Gasteiger partial charge is 0.508 e. The van der Waals surface area contributed by atoms with Crippen molar-refractivity contribution in [1.82, 2.24) is 5.32 Å². The summed E-state index contributed by atoms with van der Waals surface area (Å²) in [6.45, 7) is 0.600. The second kappa shape index (κ2) is 6.10. The SMILES string of the molecule is O=C(NCCc1ccc(O)cc1)C1CC1c1ccc(O)cc1. The Morgan fingerprint density at radius 2 is 1.59 bits per heavy atom. The van der Waals surface area contributed by atoms with Gasteiger partial charge in [-0.15, -0.1) is 0 Å². The third-order valence-corrected chi connectivity index (χ3v) is 4.10. The molecule has 1 fully saturated rings. The van der Waals surface area contributed by atoms with E-state index in [1.165, 1.54) is 0 Å². The number of benzene rings is 2. The normalized spacial score (nSPS) is 19.6. The summed E-state index contributed by atoms with van der Waals surface area (Å²) in [6, 6.07) is 14.1. The van der Waals surface area contributed by atoms with Crippen LogP contribution in [0.4, 0.5) is 0 Å². The van der Waals surface area contributed by atoms with Gasteiger partial charge in [0.15, 0.2) is 0 Å². The summed E-state index contributed by atoms with van der Waals surface area (Å²) < 4.78 is 0. The predicted molar refractivity (Wildman–Crippen MR) is 83.8 cm³/mol. The van der Waals surface area contributed by atoms with Gasteiger partial charge >= 0.3 is 0 Å². The zero-order chi connectivity index (χ0) is 15.5. The molecule has 4 heteroatoms. The van der Waals surface area contributed by atoms with E-state index in [2.05, 4.69) is 5.32 Å². The van der Waals surface area contributed by atoms with Gasteiger partial charge in [-0.3, -0.25) is 4.79 Å².